The van der Waals surface area contributed by atoms with E-state index in [1.54, 1.807) is 12.1 Å². The molecule has 0 unspecified atom stereocenters. The van der Waals surface area contributed by atoms with Crippen LogP contribution in [0.2, 0.25) is 0 Å². The molecule has 174 valence electrons. The fourth-order valence-electron chi connectivity index (χ4n) is 4.02. The number of rotatable bonds is 7. The number of carbonyl (C=O) groups excluding carboxylic acids is 1. The van der Waals surface area contributed by atoms with Gasteiger partial charge in [0.25, 0.3) is 0 Å². The van der Waals surface area contributed by atoms with Crippen molar-refractivity contribution in [1.29, 1.82) is 0 Å². The Kier molecular flexibility index (Phi) is 5.96. The number of benzene rings is 2. The zero-order chi connectivity index (χ0) is 23.5. The summed E-state index contributed by atoms with van der Waals surface area (Å²) in [4.78, 5) is 25.1. The van der Waals surface area contributed by atoms with Gasteiger partial charge in [0.15, 0.2) is 17.4 Å². The van der Waals surface area contributed by atoms with E-state index in [2.05, 4.69) is 35.8 Å². The predicted molar refractivity (Wildman–Crippen MR) is 130 cm³/mol. The Balaban J connectivity index is 1.41. The topological polar surface area (TPSA) is 107 Å². The Morgan fingerprint density at radius 1 is 1.12 bits per heavy atom. The molecular weight excluding hydrogens is 437 g/mol. The Morgan fingerprint density at radius 2 is 1.91 bits per heavy atom. The molecule has 1 fully saturated rings. The lowest BCUT2D eigenvalue weighted by Crippen LogP contribution is -2.43. The third kappa shape index (κ3) is 4.35. The Hall–Kier alpha value is -4.18. The van der Waals surface area contributed by atoms with Crippen LogP contribution in [0.15, 0.2) is 48.8 Å². The lowest BCUT2D eigenvalue weighted by molar-refractivity contribution is -0.105. The van der Waals surface area contributed by atoms with Crippen LogP contribution in [0.25, 0.3) is 10.9 Å². The average molecular weight is 462 g/mol. The molecule has 1 saturated heterocycles. The molecule has 1 aliphatic heterocycles. The highest BCUT2D eigenvalue weighted by molar-refractivity contribution is 5.85. The third-order valence-corrected chi connectivity index (χ3v) is 5.67. The van der Waals surface area contributed by atoms with E-state index in [1.165, 1.54) is 12.4 Å². The first-order valence-electron chi connectivity index (χ1n) is 11.0. The van der Waals surface area contributed by atoms with Gasteiger partial charge in [0.05, 0.1) is 0 Å². The molecule has 10 heteroatoms. The molecule has 1 aliphatic rings. The molecule has 0 radical (unpaired) electrons. The van der Waals surface area contributed by atoms with Crippen LogP contribution in [0.5, 0.6) is 11.6 Å². The maximum Gasteiger partial charge on any atom is 0.248 e. The number of halogens is 1. The summed E-state index contributed by atoms with van der Waals surface area (Å²) in [6.45, 7) is 5.68. The second-order valence-corrected chi connectivity index (χ2v) is 7.97. The number of anilines is 4. The number of hydrogen-bond donors (Lipinski definition) is 4. The third-order valence-electron chi connectivity index (χ3n) is 5.67. The largest absolute Gasteiger partial charge is 0.434 e. The smallest absolute Gasteiger partial charge is 0.248 e. The van der Waals surface area contributed by atoms with Crippen LogP contribution < -0.4 is 25.6 Å². The molecule has 0 bridgehead atoms. The van der Waals surface area contributed by atoms with Gasteiger partial charge in [0, 0.05) is 54.2 Å². The van der Waals surface area contributed by atoms with Crippen LogP contribution >= 0.6 is 0 Å². The minimum absolute atomic E-state index is 0.00882. The van der Waals surface area contributed by atoms with Gasteiger partial charge in [-0.25, -0.2) is 9.37 Å². The molecular formula is C24H24FN7O2. The van der Waals surface area contributed by atoms with Gasteiger partial charge in [-0.3, -0.25) is 4.79 Å². The summed E-state index contributed by atoms with van der Waals surface area (Å²) in [7, 11) is 0. The highest BCUT2D eigenvalue weighted by Gasteiger charge is 2.18. The number of piperazine rings is 1. The molecule has 34 heavy (non-hydrogen) atoms. The number of hydrogen-bond acceptors (Lipinski definition) is 7. The van der Waals surface area contributed by atoms with Gasteiger partial charge in [-0.2, -0.15) is 4.98 Å². The fraction of sp³-hybridized carbons (Fsp3) is 0.208. The maximum absolute atomic E-state index is 15.0. The van der Waals surface area contributed by atoms with Crippen molar-refractivity contribution >= 4 is 40.2 Å². The number of carbonyl (C=O) groups is 1. The summed E-state index contributed by atoms with van der Waals surface area (Å²) in [5.41, 5.74) is 3.62. The van der Waals surface area contributed by atoms with Crippen molar-refractivity contribution in [3.05, 3.63) is 60.3 Å². The standard InChI is InChI=1S/C24H24FN7O2/c1-15-12-18-19(30-15)6-7-20(21(18)25)34-24-22(29-14-33)23(27-13-28-24)31-16-2-4-17(5-3-16)32-10-8-26-9-11-32/h2-7,12-14,26,30H,8-11H2,1H3,(H,29,33)(H,27,28,31). The number of nitrogens with one attached hydrogen (secondary N) is 4. The van der Waals surface area contributed by atoms with E-state index in [1.807, 2.05) is 31.2 Å². The van der Waals surface area contributed by atoms with Gasteiger partial charge in [0.2, 0.25) is 12.3 Å². The van der Waals surface area contributed by atoms with E-state index >= 15 is 4.39 Å². The molecule has 2 aromatic heterocycles. The van der Waals surface area contributed by atoms with E-state index in [-0.39, 0.29) is 17.3 Å². The Morgan fingerprint density at radius 3 is 2.68 bits per heavy atom. The second kappa shape index (κ2) is 9.36. The number of aromatic nitrogens is 3. The maximum atomic E-state index is 15.0. The number of amides is 1. The van der Waals surface area contributed by atoms with Crippen LogP contribution in [0.1, 0.15) is 5.69 Å². The van der Waals surface area contributed by atoms with Crippen LogP contribution in [-0.2, 0) is 4.79 Å². The molecule has 5 rings (SSSR count). The van der Waals surface area contributed by atoms with E-state index in [0.29, 0.717) is 23.1 Å². The quantitative estimate of drug-likeness (QED) is 0.309. The van der Waals surface area contributed by atoms with Crippen molar-refractivity contribution in [3.8, 4) is 11.6 Å². The summed E-state index contributed by atoms with van der Waals surface area (Å²) in [5.74, 6) is -0.181. The molecule has 4 aromatic rings. The molecule has 1 amide bonds. The van der Waals surface area contributed by atoms with E-state index in [4.69, 9.17) is 4.74 Å². The average Bonchev–Trinajstić information content (AvgIpc) is 3.25. The molecule has 0 spiro atoms. The number of fused-ring (bicyclic) bond motifs is 1. The minimum atomic E-state index is -0.518. The molecule has 0 saturated carbocycles. The monoisotopic (exact) mass is 461 g/mol. The number of H-pyrrole nitrogens is 1. The molecule has 4 N–H and O–H groups in total. The fourth-order valence-corrected chi connectivity index (χ4v) is 4.02. The van der Waals surface area contributed by atoms with Crippen molar-refractivity contribution in [2.75, 3.05) is 41.7 Å². The van der Waals surface area contributed by atoms with Crippen molar-refractivity contribution in [2.24, 2.45) is 0 Å². The molecule has 9 nitrogen and oxygen atoms in total. The number of nitrogens with zero attached hydrogens (tertiary/aromatic N) is 3. The summed E-state index contributed by atoms with van der Waals surface area (Å²) in [5, 5.41) is 9.51. The van der Waals surface area contributed by atoms with Gasteiger partial charge in [-0.05, 0) is 49.4 Å². The Labute approximate surface area is 195 Å². The molecule has 0 atom stereocenters. The van der Waals surface area contributed by atoms with Crippen molar-refractivity contribution < 1.29 is 13.9 Å². The molecule has 0 aliphatic carbocycles. The lowest BCUT2D eigenvalue weighted by Gasteiger charge is -2.29. The molecule has 3 heterocycles. The van der Waals surface area contributed by atoms with Crippen molar-refractivity contribution in [1.82, 2.24) is 20.3 Å². The SMILES string of the molecule is Cc1cc2c(F)c(Oc3ncnc(Nc4ccc(N5CCNCC5)cc4)c3NC=O)ccc2[nH]1. The van der Waals surface area contributed by atoms with Crippen molar-refractivity contribution in [2.45, 2.75) is 6.92 Å². The van der Waals surface area contributed by atoms with Crippen molar-refractivity contribution in [3.63, 3.8) is 0 Å². The highest BCUT2D eigenvalue weighted by Crippen LogP contribution is 2.36. The lowest BCUT2D eigenvalue weighted by atomic mass is 10.2. The number of aryl methyl sites for hydroxylation is 1. The van der Waals surface area contributed by atoms with Crippen LogP contribution in [0.3, 0.4) is 0 Å². The number of aromatic amines is 1. The summed E-state index contributed by atoms with van der Waals surface area (Å²) >= 11 is 0. The number of ether oxygens (including phenoxy) is 1. The van der Waals surface area contributed by atoms with Gasteiger partial charge in [-0.15, -0.1) is 0 Å². The van der Waals surface area contributed by atoms with Gasteiger partial charge >= 0.3 is 0 Å². The van der Waals surface area contributed by atoms with E-state index < -0.39 is 5.82 Å². The summed E-state index contributed by atoms with van der Waals surface area (Å²) < 4.78 is 20.8. The normalized spacial score (nSPS) is 13.6. The first-order valence-corrected chi connectivity index (χ1v) is 11.0. The zero-order valence-corrected chi connectivity index (χ0v) is 18.6. The second-order valence-electron chi connectivity index (χ2n) is 7.97. The molecule has 2 aromatic carbocycles. The first kappa shape index (κ1) is 21.7. The first-order chi connectivity index (χ1) is 16.6. The van der Waals surface area contributed by atoms with Gasteiger partial charge in [0.1, 0.15) is 12.0 Å². The van der Waals surface area contributed by atoms with Crippen LogP contribution in [0, 0.1) is 12.7 Å². The highest BCUT2D eigenvalue weighted by atomic mass is 19.1. The zero-order valence-electron chi connectivity index (χ0n) is 18.6. The van der Waals surface area contributed by atoms with Crippen LogP contribution in [0.4, 0.5) is 27.3 Å². The van der Waals surface area contributed by atoms with Gasteiger partial charge < -0.3 is 30.6 Å². The Bertz CT molecular complexity index is 1320. The van der Waals surface area contributed by atoms with E-state index in [0.717, 1.165) is 43.2 Å². The summed E-state index contributed by atoms with van der Waals surface area (Å²) in [6, 6.07) is 12.9. The van der Waals surface area contributed by atoms with Gasteiger partial charge in [-0.1, -0.05) is 0 Å². The minimum Gasteiger partial charge on any atom is -0.434 e. The summed E-state index contributed by atoms with van der Waals surface area (Å²) in [6.07, 6.45) is 1.79. The van der Waals surface area contributed by atoms with Crippen LogP contribution in [-0.4, -0.2) is 47.5 Å². The predicted octanol–water partition coefficient (Wildman–Crippen LogP) is 3.92. The van der Waals surface area contributed by atoms with E-state index in [9.17, 15) is 4.79 Å².